The van der Waals surface area contributed by atoms with Crippen LogP contribution in [0.2, 0.25) is 0 Å². The maximum absolute atomic E-state index is 10.7. The van der Waals surface area contributed by atoms with Gasteiger partial charge in [-0.15, -0.1) is 0 Å². The third-order valence-electron chi connectivity index (χ3n) is 1.10. The lowest BCUT2D eigenvalue weighted by molar-refractivity contribution is 0.176. The normalized spacial score (nSPS) is 19.0. The lowest BCUT2D eigenvalue weighted by Gasteiger charge is -2.01. The van der Waals surface area contributed by atoms with E-state index in [1.165, 1.54) is 7.11 Å². The maximum atomic E-state index is 10.7. The highest BCUT2D eigenvalue weighted by atomic mass is 32.2. The minimum atomic E-state index is -1.74. The molecule has 0 aromatic rings. The van der Waals surface area contributed by atoms with E-state index >= 15 is 0 Å². The second kappa shape index (κ2) is 3.68. The first-order chi connectivity index (χ1) is 5.22. The van der Waals surface area contributed by atoms with Crippen molar-refractivity contribution in [3.05, 3.63) is 0 Å². The highest BCUT2D eigenvalue weighted by Crippen LogP contribution is 2.23. The van der Waals surface area contributed by atoms with Crippen LogP contribution >= 0.6 is 0 Å². The van der Waals surface area contributed by atoms with Gasteiger partial charge in [-0.2, -0.15) is 0 Å². The van der Waals surface area contributed by atoms with Crippen molar-refractivity contribution in [2.45, 2.75) is 18.9 Å². The summed E-state index contributed by atoms with van der Waals surface area (Å²) >= 11 is -1.74. The van der Waals surface area contributed by atoms with Gasteiger partial charge < -0.3 is 4.74 Å². The van der Waals surface area contributed by atoms with Gasteiger partial charge in [0, 0.05) is 0 Å². The summed E-state index contributed by atoms with van der Waals surface area (Å²) in [5, 5.41) is 0. The summed E-state index contributed by atoms with van der Waals surface area (Å²) in [6, 6.07) is 0. The van der Waals surface area contributed by atoms with Crippen molar-refractivity contribution >= 4 is 17.4 Å². The van der Waals surface area contributed by atoms with Crippen molar-refractivity contribution in [3.8, 4) is 0 Å². The van der Waals surface area contributed by atoms with Crippen LogP contribution in [0.1, 0.15) is 12.8 Å². The van der Waals surface area contributed by atoms with Crippen LogP contribution in [-0.2, 0) is 20.2 Å². The second-order valence-corrected chi connectivity index (χ2v) is 2.99. The van der Waals surface area contributed by atoms with E-state index in [0.717, 1.165) is 12.8 Å². The first-order valence-electron chi connectivity index (χ1n) is 3.16. The molecule has 1 saturated carbocycles. The van der Waals surface area contributed by atoms with Gasteiger partial charge in [0.1, 0.15) is 0 Å². The minimum Gasteiger partial charge on any atom is -0.452 e. The first kappa shape index (κ1) is 8.48. The molecule has 1 N–H and O–H groups in total. The second-order valence-electron chi connectivity index (χ2n) is 2.12. The van der Waals surface area contributed by atoms with Crippen LogP contribution in [0.5, 0.6) is 0 Å². The van der Waals surface area contributed by atoms with Gasteiger partial charge in [0.25, 0.3) is 11.3 Å². The zero-order valence-electron chi connectivity index (χ0n) is 6.03. The molecule has 0 heterocycles. The predicted molar refractivity (Wildman–Crippen MR) is 37.8 cm³/mol. The van der Waals surface area contributed by atoms with Gasteiger partial charge in [-0.3, -0.25) is 4.18 Å². The molecule has 1 unspecified atom stereocenters. The van der Waals surface area contributed by atoms with Gasteiger partial charge in [-0.05, 0) is 12.8 Å². The van der Waals surface area contributed by atoms with Crippen LogP contribution in [0, 0.1) is 0 Å². The number of hydrogen-bond acceptors (Lipinski definition) is 4. The number of methoxy groups -OCH3 is 1. The maximum Gasteiger partial charge on any atom is 0.420 e. The fourth-order valence-electron chi connectivity index (χ4n) is 0.422. The van der Waals surface area contributed by atoms with Crippen LogP contribution in [0.4, 0.5) is 4.79 Å². The SMILES string of the molecule is COC(=O)NS(=O)OC1CC1. The number of nitrogens with one attached hydrogen (secondary N) is 1. The van der Waals surface area contributed by atoms with E-state index in [2.05, 4.69) is 4.74 Å². The van der Waals surface area contributed by atoms with E-state index in [9.17, 15) is 9.00 Å². The molecular weight excluding hydrogens is 170 g/mol. The van der Waals surface area contributed by atoms with E-state index in [4.69, 9.17) is 4.18 Å². The highest BCUT2D eigenvalue weighted by molar-refractivity contribution is 7.78. The smallest absolute Gasteiger partial charge is 0.420 e. The highest BCUT2D eigenvalue weighted by Gasteiger charge is 2.25. The predicted octanol–water partition coefficient (Wildman–Crippen LogP) is 0.100. The molecule has 11 heavy (non-hydrogen) atoms. The van der Waals surface area contributed by atoms with Gasteiger partial charge in [0.15, 0.2) is 0 Å². The van der Waals surface area contributed by atoms with E-state index in [1.54, 1.807) is 0 Å². The Morgan fingerprint density at radius 1 is 1.64 bits per heavy atom. The van der Waals surface area contributed by atoms with E-state index in [0.29, 0.717) is 0 Å². The molecule has 64 valence electrons. The fraction of sp³-hybridized carbons (Fsp3) is 0.800. The van der Waals surface area contributed by atoms with Gasteiger partial charge in [0.05, 0.1) is 13.2 Å². The summed E-state index contributed by atoms with van der Waals surface area (Å²) < 4.78 is 21.7. The van der Waals surface area contributed by atoms with Crippen molar-refractivity contribution in [2.75, 3.05) is 7.11 Å². The van der Waals surface area contributed by atoms with Crippen LogP contribution in [-0.4, -0.2) is 23.5 Å². The number of carbonyl (C=O) groups excluding carboxylic acids is 1. The van der Waals surface area contributed by atoms with Crippen molar-refractivity contribution in [1.29, 1.82) is 0 Å². The van der Waals surface area contributed by atoms with E-state index < -0.39 is 17.4 Å². The summed E-state index contributed by atoms with van der Waals surface area (Å²) in [6.07, 6.45) is 1.13. The Kier molecular flexibility index (Phi) is 2.84. The molecule has 0 aliphatic heterocycles. The molecule has 0 bridgehead atoms. The molecule has 1 atom stereocenters. The average Bonchev–Trinajstić information content (AvgIpc) is 2.71. The number of carbonyl (C=O) groups is 1. The Balaban J connectivity index is 2.13. The third kappa shape index (κ3) is 3.33. The van der Waals surface area contributed by atoms with E-state index in [-0.39, 0.29) is 6.10 Å². The molecule has 0 spiro atoms. The molecule has 1 amide bonds. The molecule has 1 aliphatic rings. The zero-order chi connectivity index (χ0) is 8.27. The Morgan fingerprint density at radius 2 is 2.27 bits per heavy atom. The number of ether oxygens (including phenoxy) is 1. The van der Waals surface area contributed by atoms with Crippen molar-refractivity contribution in [3.63, 3.8) is 0 Å². The molecule has 0 saturated heterocycles. The largest absolute Gasteiger partial charge is 0.452 e. The average molecular weight is 179 g/mol. The van der Waals surface area contributed by atoms with E-state index in [1.807, 2.05) is 4.72 Å². The Morgan fingerprint density at radius 3 is 2.73 bits per heavy atom. The minimum absolute atomic E-state index is 0.0491. The fourth-order valence-corrected chi connectivity index (χ4v) is 1.13. The molecule has 6 heteroatoms. The molecule has 0 aromatic heterocycles. The van der Waals surface area contributed by atoms with Crippen molar-refractivity contribution in [1.82, 2.24) is 4.72 Å². The number of rotatable bonds is 3. The first-order valence-corrected chi connectivity index (χ1v) is 4.23. The molecule has 0 aromatic carbocycles. The standard InChI is InChI=1S/C5H9NO4S/c1-9-5(7)6-11(8)10-4-2-3-4/h4H,2-3H2,1H3,(H,6,7). The summed E-state index contributed by atoms with van der Waals surface area (Å²) in [5.41, 5.74) is 0. The molecule has 5 nitrogen and oxygen atoms in total. The summed E-state index contributed by atoms with van der Waals surface area (Å²) in [7, 11) is 1.20. The van der Waals surface area contributed by atoms with Crippen LogP contribution in [0.25, 0.3) is 0 Å². The Bertz CT molecular complexity index is 179. The van der Waals surface area contributed by atoms with Crippen LogP contribution in [0.3, 0.4) is 0 Å². The molecule has 1 rings (SSSR count). The zero-order valence-corrected chi connectivity index (χ0v) is 6.85. The Labute approximate surface area is 66.9 Å². The van der Waals surface area contributed by atoms with Crippen molar-refractivity contribution < 1.29 is 17.9 Å². The van der Waals surface area contributed by atoms with Gasteiger partial charge in [0.2, 0.25) is 0 Å². The molecular formula is C5H9NO4S. The Hall–Kier alpha value is -0.620. The quantitative estimate of drug-likeness (QED) is 0.667. The van der Waals surface area contributed by atoms with Crippen LogP contribution < -0.4 is 4.72 Å². The lowest BCUT2D eigenvalue weighted by Crippen LogP contribution is -2.27. The topological polar surface area (TPSA) is 64.6 Å². The van der Waals surface area contributed by atoms with Crippen LogP contribution in [0.15, 0.2) is 0 Å². The molecule has 0 radical (unpaired) electrons. The summed E-state index contributed by atoms with van der Waals surface area (Å²) in [4.78, 5) is 10.4. The monoisotopic (exact) mass is 179 g/mol. The van der Waals surface area contributed by atoms with Gasteiger partial charge in [-0.1, -0.05) is 0 Å². The van der Waals surface area contributed by atoms with Crippen molar-refractivity contribution in [2.24, 2.45) is 0 Å². The molecule has 1 aliphatic carbocycles. The number of hydrogen-bond donors (Lipinski definition) is 1. The summed E-state index contributed by atoms with van der Waals surface area (Å²) in [6.45, 7) is 0. The molecule has 1 fully saturated rings. The van der Waals surface area contributed by atoms with Gasteiger partial charge in [-0.25, -0.2) is 13.7 Å². The van der Waals surface area contributed by atoms with Gasteiger partial charge >= 0.3 is 6.09 Å². The lowest BCUT2D eigenvalue weighted by atomic mass is 10.9. The number of amides is 1. The summed E-state index contributed by atoms with van der Waals surface area (Å²) in [5.74, 6) is 0. The third-order valence-corrected chi connectivity index (χ3v) is 1.88.